The molecule has 120 valence electrons. The molecule has 1 aromatic carbocycles. The number of nitrogens with two attached hydrogens (primary N) is 1. The van der Waals surface area contributed by atoms with E-state index in [9.17, 15) is 0 Å². The van der Waals surface area contributed by atoms with Gasteiger partial charge in [-0.1, -0.05) is 39.8 Å². The van der Waals surface area contributed by atoms with Gasteiger partial charge in [0, 0.05) is 25.2 Å². The maximum absolute atomic E-state index is 6.45. The molecule has 21 heavy (non-hydrogen) atoms. The summed E-state index contributed by atoms with van der Waals surface area (Å²) in [7, 11) is 1.69. The Hall–Kier alpha value is -1.06. The smallest absolute Gasteiger partial charge is 0.119 e. The Morgan fingerprint density at radius 1 is 1.14 bits per heavy atom. The largest absolute Gasteiger partial charge is 0.497 e. The summed E-state index contributed by atoms with van der Waals surface area (Å²) < 4.78 is 5.30. The molecule has 3 nitrogen and oxygen atoms in total. The van der Waals surface area contributed by atoms with Crippen LogP contribution < -0.4 is 10.5 Å². The Morgan fingerprint density at radius 3 is 2.33 bits per heavy atom. The van der Waals surface area contributed by atoms with Crippen molar-refractivity contribution in [1.29, 1.82) is 0 Å². The topological polar surface area (TPSA) is 38.5 Å². The molecular weight excluding hydrogens is 260 g/mol. The molecule has 1 atom stereocenters. The van der Waals surface area contributed by atoms with Crippen molar-refractivity contribution in [2.24, 2.45) is 11.7 Å². The van der Waals surface area contributed by atoms with Crippen LogP contribution in [0.3, 0.4) is 0 Å². The highest BCUT2D eigenvalue weighted by atomic mass is 16.5. The lowest BCUT2D eigenvalue weighted by Gasteiger charge is -2.34. The van der Waals surface area contributed by atoms with Crippen LogP contribution in [0.4, 0.5) is 0 Å². The second-order valence-corrected chi connectivity index (χ2v) is 6.20. The van der Waals surface area contributed by atoms with Crippen LogP contribution in [0.25, 0.3) is 0 Å². The minimum absolute atomic E-state index is 0.0273. The van der Waals surface area contributed by atoms with Gasteiger partial charge in [0.15, 0.2) is 0 Å². The van der Waals surface area contributed by atoms with Crippen molar-refractivity contribution >= 4 is 0 Å². The summed E-state index contributed by atoms with van der Waals surface area (Å²) in [5, 5.41) is 0. The van der Waals surface area contributed by atoms with Crippen LogP contribution in [0.1, 0.15) is 52.1 Å². The van der Waals surface area contributed by atoms with Crippen LogP contribution in [-0.2, 0) is 0 Å². The molecule has 0 aromatic heterocycles. The SMILES string of the molecule is CCC(CC)N(CC(C)C)CC(N)c1cccc(OC)c1. The second-order valence-electron chi connectivity index (χ2n) is 6.20. The molecule has 0 fully saturated rings. The molecule has 0 radical (unpaired) electrons. The molecule has 1 aromatic rings. The molecule has 0 amide bonds. The van der Waals surface area contributed by atoms with E-state index in [4.69, 9.17) is 10.5 Å². The van der Waals surface area contributed by atoms with E-state index in [0.717, 1.165) is 24.4 Å². The standard InChI is InChI=1S/C18H32N2O/c1-6-16(7-2)20(12-14(3)4)13-18(19)15-9-8-10-17(11-15)21-5/h8-11,14,16,18H,6-7,12-13,19H2,1-5H3. The third-order valence-corrected chi connectivity index (χ3v) is 4.01. The van der Waals surface area contributed by atoms with E-state index in [1.54, 1.807) is 7.11 Å². The zero-order valence-corrected chi connectivity index (χ0v) is 14.3. The maximum Gasteiger partial charge on any atom is 0.119 e. The van der Waals surface area contributed by atoms with Gasteiger partial charge in [0.2, 0.25) is 0 Å². The summed E-state index contributed by atoms with van der Waals surface area (Å²) in [4.78, 5) is 2.55. The molecule has 0 saturated heterocycles. The molecule has 1 rings (SSSR count). The maximum atomic E-state index is 6.45. The summed E-state index contributed by atoms with van der Waals surface area (Å²) in [5.41, 5.74) is 7.59. The van der Waals surface area contributed by atoms with Gasteiger partial charge < -0.3 is 10.5 Å². The first-order chi connectivity index (χ1) is 10.0. The van der Waals surface area contributed by atoms with Crippen LogP contribution in [0.2, 0.25) is 0 Å². The summed E-state index contributed by atoms with van der Waals surface area (Å²) in [6.45, 7) is 11.1. The van der Waals surface area contributed by atoms with E-state index in [1.807, 2.05) is 18.2 Å². The molecular formula is C18H32N2O. The van der Waals surface area contributed by atoms with Crippen molar-refractivity contribution in [2.75, 3.05) is 20.2 Å². The molecule has 0 spiro atoms. The number of ether oxygens (including phenoxy) is 1. The lowest BCUT2D eigenvalue weighted by Crippen LogP contribution is -2.41. The first-order valence-electron chi connectivity index (χ1n) is 8.15. The van der Waals surface area contributed by atoms with Crippen molar-refractivity contribution < 1.29 is 4.74 Å². The second kappa shape index (κ2) is 9.06. The van der Waals surface area contributed by atoms with Crippen molar-refractivity contribution in [3.8, 4) is 5.75 Å². The molecule has 0 saturated carbocycles. The van der Waals surface area contributed by atoms with Gasteiger partial charge in [0.1, 0.15) is 5.75 Å². The third kappa shape index (κ3) is 5.68. The number of benzene rings is 1. The Kier molecular flexibility index (Phi) is 7.76. The fourth-order valence-corrected chi connectivity index (χ4v) is 2.88. The van der Waals surface area contributed by atoms with Crippen molar-refractivity contribution in [3.05, 3.63) is 29.8 Å². The van der Waals surface area contributed by atoms with Gasteiger partial charge in [-0.15, -0.1) is 0 Å². The van der Waals surface area contributed by atoms with E-state index in [-0.39, 0.29) is 6.04 Å². The van der Waals surface area contributed by atoms with Crippen LogP contribution in [-0.4, -0.2) is 31.1 Å². The van der Waals surface area contributed by atoms with E-state index in [1.165, 1.54) is 12.8 Å². The van der Waals surface area contributed by atoms with Crippen molar-refractivity contribution in [2.45, 2.75) is 52.6 Å². The Balaban J connectivity index is 2.80. The average molecular weight is 292 g/mol. The van der Waals surface area contributed by atoms with Crippen LogP contribution in [0.5, 0.6) is 5.75 Å². The van der Waals surface area contributed by atoms with Gasteiger partial charge in [0.25, 0.3) is 0 Å². The molecule has 1 unspecified atom stereocenters. The summed E-state index contributed by atoms with van der Waals surface area (Å²) in [5.74, 6) is 1.53. The number of rotatable bonds is 9. The monoisotopic (exact) mass is 292 g/mol. The Labute approximate surface area is 130 Å². The molecule has 2 N–H and O–H groups in total. The molecule has 0 heterocycles. The predicted molar refractivity (Wildman–Crippen MR) is 90.7 cm³/mol. The van der Waals surface area contributed by atoms with Gasteiger partial charge >= 0.3 is 0 Å². The van der Waals surface area contributed by atoms with Crippen LogP contribution in [0.15, 0.2) is 24.3 Å². The molecule has 0 aliphatic rings. The highest BCUT2D eigenvalue weighted by molar-refractivity contribution is 5.30. The molecule has 3 heteroatoms. The lowest BCUT2D eigenvalue weighted by molar-refractivity contribution is 0.156. The number of methoxy groups -OCH3 is 1. The normalized spacial score (nSPS) is 13.2. The van der Waals surface area contributed by atoms with E-state index in [0.29, 0.717) is 12.0 Å². The highest BCUT2D eigenvalue weighted by Crippen LogP contribution is 2.21. The number of hydrogen-bond donors (Lipinski definition) is 1. The van der Waals surface area contributed by atoms with E-state index >= 15 is 0 Å². The third-order valence-electron chi connectivity index (χ3n) is 4.01. The minimum Gasteiger partial charge on any atom is -0.497 e. The molecule has 0 aliphatic heterocycles. The summed E-state index contributed by atoms with van der Waals surface area (Å²) in [6.07, 6.45) is 2.35. The fraction of sp³-hybridized carbons (Fsp3) is 0.667. The Morgan fingerprint density at radius 2 is 1.81 bits per heavy atom. The van der Waals surface area contributed by atoms with Crippen LogP contribution >= 0.6 is 0 Å². The zero-order chi connectivity index (χ0) is 15.8. The van der Waals surface area contributed by atoms with Gasteiger partial charge in [-0.2, -0.15) is 0 Å². The van der Waals surface area contributed by atoms with Crippen molar-refractivity contribution in [1.82, 2.24) is 4.90 Å². The number of nitrogens with zero attached hydrogens (tertiary/aromatic N) is 1. The summed E-state index contributed by atoms with van der Waals surface area (Å²) >= 11 is 0. The van der Waals surface area contributed by atoms with Gasteiger partial charge in [-0.25, -0.2) is 0 Å². The predicted octanol–water partition coefficient (Wildman–Crippen LogP) is 3.84. The van der Waals surface area contributed by atoms with Gasteiger partial charge in [-0.05, 0) is 36.5 Å². The quantitative estimate of drug-likeness (QED) is 0.751. The van der Waals surface area contributed by atoms with Gasteiger partial charge in [-0.3, -0.25) is 4.90 Å². The fourth-order valence-electron chi connectivity index (χ4n) is 2.88. The average Bonchev–Trinajstić information content (AvgIpc) is 2.47. The lowest BCUT2D eigenvalue weighted by atomic mass is 10.0. The minimum atomic E-state index is 0.0273. The zero-order valence-electron chi connectivity index (χ0n) is 14.3. The Bertz CT molecular complexity index is 402. The first kappa shape index (κ1) is 18.0. The molecule has 0 aliphatic carbocycles. The van der Waals surface area contributed by atoms with E-state index in [2.05, 4.69) is 38.7 Å². The van der Waals surface area contributed by atoms with Gasteiger partial charge in [0.05, 0.1) is 7.11 Å². The van der Waals surface area contributed by atoms with Crippen LogP contribution in [0, 0.1) is 5.92 Å². The van der Waals surface area contributed by atoms with Crippen molar-refractivity contribution in [3.63, 3.8) is 0 Å². The molecule has 0 bridgehead atoms. The summed E-state index contributed by atoms with van der Waals surface area (Å²) in [6, 6.07) is 8.75. The van der Waals surface area contributed by atoms with E-state index < -0.39 is 0 Å². The first-order valence-corrected chi connectivity index (χ1v) is 8.15. The number of hydrogen-bond acceptors (Lipinski definition) is 3. The highest BCUT2D eigenvalue weighted by Gasteiger charge is 2.20.